The summed E-state index contributed by atoms with van der Waals surface area (Å²) in [6.45, 7) is 8.41. The van der Waals surface area contributed by atoms with E-state index in [1.807, 2.05) is 6.92 Å². The van der Waals surface area contributed by atoms with Gasteiger partial charge in [-0.1, -0.05) is 18.2 Å². The van der Waals surface area contributed by atoms with Gasteiger partial charge in [0.15, 0.2) is 0 Å². The van der Waals surface area contributed by atoms with Crippen LogP contribution in [0.1, 0.15) is 43.0 Å². The van der Waals surface area contributed by atoms with E-state index < -0.39 is 4.92 Å². The highest BCUT2D eigenvalue weighted by atomic mass is 32.2. The van der Waals surface area contributed by atoms with E-state index in [1.54, 1.807) is 18.2 Å². The Morgan fingerprint density at radius 2 is 1.88 bits per heavy atom. The minimum atomic E-state index is -0.495. The number of aryl methyl sites for hydroxylation is 1. The molecule has 2 aromatic carbocycles. The Hall–Kier alpha value is -3.39. The second-order valence-corrected chi connectivity index (χ2v) is 9.95. The molecule has 2 heterocycles. The average molecular weight is 464 g/mol. The van der Waals surface area contributed by atoms with E-state index in [-0.39, 0.29) is 28.9 Å². The van der Waals surface area contributed by atoms with E-state index in [1.165, 1.54) is 17.7 Å². The molecule has 0 radical (unpaired) electrons. The predicted octanol–water partition coefficient (Wildman–Crippen LogP) is 5.77. The van der Waals surface area contributed by atoms with Crippen LogP contribution >= 0.6 is 11.8 Å². The topological polar surface area (TPSA) is 83.8 Å². The average Bonchev–Trinajstić information content (AvgIpc) is 3.00. The Morgan fingerprint density at radius 3 is 2.58 bits per heavy atom. The second kappa shape index (κ2) is 8.19. The summed E-state index contributed by atoms with van der Waals surface area (Å²) in [4.78, 5) is 39.8. The molecule has 4 rings (SSSR count). The van der Waals surface area contributed by atoms with Crippen molar-refractivity contribution in [1.82, 2.24) is 4.90 Å². The van der Waals surface area contributed by atoms with Gasteiger partial charge in [0.25, 0.3) is 16.8 Å². The Bertz CT molecular complexity index is 1260. The first-order valence-electron chi connectivity index (χ1n) is 10.5. The summed E-state index contributed by atoms with van der Waals surface area (Å²) in [7, 11) is 2.07. The normalized spacial score (nSPS) is 18.6. The molecule has 0 N–H and O–H groups in total. The van der Waals surface area contributed by atoms with Gasteiger partial charge in [-0.25, -0.2) is 0 Å². The van der Waals surface area contributed by atoms with Crippen molar-refractivity contribution in [3.05, 3.63) is 79.7 Å². The van der Waals surface area contributed by atoms with Gasteiger partial charge in [0.1, 0.15) is 0 Å². The second-order valence-electron chi connectivity index (χ2n) is 8.96. The van der Waals surface area contributed by atoms with Gasteiger partial charge < -0.3 is 4.90 Å². The van der Waals surface area contributed by atoms with Crippen LogP contribution in [-0.4, -0.2) is 33.6 Å². The maximum Gasteiger partial charge on any atom is 0.293 e. The van der Waals surface area contributed by atoms with Gasteiger partial charge in [0, 0.05) is 30.4 Å². The van der Waals surface area contributed by atoms with Crippen LogP contribution in [-0.2, 0) is 11.3 Å². The minimum absolute atomic E-state index is 0.00538. The fourth-order valence-electron chi connectivity index (χ4n) is 4.20. The number of imide groups is 1. The quantitative estimate of drug-likeness (QED) is 0.325. The van der Waals surface area contributed by atoms with E-state index >= 15 is 0 Å². The molecule has 2 aliphatic rings. The molecule has 0 aromatic heterocycles. The number of rotatable bonds is 4. The molecule has 2 aliphatic heterocycles. The van der Waals surface area contributed by atoms with Crippen LogP contribution in [0.5, 0.6) is 0 Å². The van der Waals surface area contributed by atoms with Crippen LogP contribution in [0.15, 0.2) is 47.4 Å². The zero-order valence-electron chi connectivity index (χ0n) is 19.2. The van der Waals surface area contributed by atoms with Crippen LogP contribution in [0.2, 0.25) is 0 Å². The third kappa shape index (κ3) is 4.18. The molecule has 0 atom stereocenters. The summed E-state index contributed by atoms with van der Waals surface area (Å²) in [5, 5.41) is 10.6. The number of fused-ring (bicyclic) bond motifs is 1. The molecule has 1 saturated heterocycles. The largest absolute Gasteiger partial charge is 0.365 e. The van der Waals surface area contributed by atoms with Gasteiger partial charge >= 0.3 is 0 Å². The van der Waals surface area contributed by atoms with Gasteiger partial charge in [-0.05, 0) is 79.9 Å². The lowest BCUT2D eigenvalue weighted by molar-refractivity contribution is -0.384. The number of carbonyl (C=O) groups excluding carboxylic acids is 2. The molecule has 7 nitrogen and oxygen atoms in total. The van der Waals surface area contributed by atoms with Crippen LogP contribution in [0.3, 0.4) is 0 Å². The lowest BCUT2D eigenvalue weighted by Gasteiger charge is -2.41. The number of benzene rings is 2. The van der Waals surface area contributed by atoms with E-state index in [9.17, 15) is 19.7 Å². The van der Waals surface area contributed by atoms with Gasteiger partial charge in [0.05, 0.1) is 21.9 Å². The molecule has 170 valence electrons. The zero-order valence-corrected chi connectivity index (χ0v) is 20.0. The summed E-state index contributed by atoms with van der Waals surface area (Å²) in [6, 6.07) is 10.2. The number of nitro benzene ring substituents is 1. The van der Waals surface area contributed by atoms with Crippen LogP contribution in [0.25, 0.3) is 11.6 Å². The van der Waals surface area contributed by atoms with Crippen molar-refractivity contribution in [3.63, 3.8) is 0 Å². The molecule has 0 spiro atoms. The third-order valence-corrected chi connectivity index (χ3v) is 7.13. The van der Waals surface area contributed by atoms with Crippen molar-refractivity contribution < 1.29 is 14.5 Å². The summed E-state index contributed by atoms with van der Waals surface area (Å²) in [6.07, 6.45) is 3.99. The lowest BCUT2D eigenvalue weighted by atomic mass is 9.87. The van der Waals surface area contributed by atoms with Crippen LogP contribution < -0.4 is 4.90 Å². The Labute approximate surface area is 196 Å². The van der Waals surface area contributed by atoms with Crippen molar-refractivity contribution >= 4 is 45.9 Å². The van der Waals surface area contributed by atoms with Crippen molar-refractivity contribution in [2.75, 3.05) is 11.9 Å². The van der Waals surface area contributed by atoms with E-state index in [4.69, 9.17) is 0 Å². The summed E-state index contributed by atoms with van der Waals surface area (Å²) >= 11 is 0.893. The maximum atomic E-state index is 13.0. The van der Waals surface area contributed by atoms with Gasteiger partial charge in [0.2, 0.25) is 0 Å². The Balaban J connectivity index is 1.64. The number of nitro groups is 1. The molecule has 0 aliphatic carbocycles. The summed E-state index contributed by atoms with van der Waals surface area (Å²) in [5.74, 6) is -0.390. The number of hydrogen-bond donors (Lipinski definition) is 0. The third-order valence-electron chi connectivity index (χ3n) is 6.23. The molecule has 33 heavy (non-hydrogen) atoms. The van der Waals surface area contributed by atoms with Crippen molar-refractivity contribution in [2.24, 2.45) is 0 Å². The molecule has 2 aromatic rings. The van der Waals surface area contributed by atoms with Crippen molar-refractivity contribution in [3.8, 4) is 0 Å². The number of nitrogens with zero attached hydrogens (tertiary/aromatic N) is 3. The highest BCUT2D eigenvalue weighted by Crippen LogP contribution is 2.41. The van der Waals surface area contributed by atoms with Gasteiger partial charge in [-0.15, -0.1) is 0 Å². The molecule has 0 saturated carbocycles. The number of anilines is 1. The standard InChI is InChI=1S/C25H25N3O4S/c1-15-9-21-20(16(2)13-25(3,4)26(21)5)11-18(15)12-22-23(29)27(24(30)33-22)14-17-7-6-8-19(10-17)28(31)32/h6-13H,14H2,1-5H3/b22-12-. The van der Waals surface area contributed by atoms with E-state index in [0.717, 1.165) is 39.0 Å². The monoisotopic (exact) mass is 463 g/mol. The first-order valence-corrected chi connectivity index (χ1v) is 11.4. The fourth-order valence-corrected chi connectivity index (χ4v) is 5.03. The zero-order chi connectivity index (χ0) is 24.1. The fraction of sp³-hybridized carbons (Fsp3) is 0.280. The number of thioether (sulfide) groups is 1. The highest BCUT2D eigenvalue weighted by Gasteiger charge is 2.35. The van der Waals surface area contributed by atoms with Crippen LogP contribution in [0.4, 0.5) is 16.2 Å². The number of amides is 2. The van der Waals surface area contributed by atoms with Crippen LogP contribution in [0, 0.1) is 17.0 Å². The molecule has 8 heteroatoms. The highest BCUT2D eigenvalue weighted by molar-refractivity contribution is 8.18. The first-order chi connectivity index (χ1) is 15.5. The molecule has 0 bridgehead atoms. The van der Waals surface area contributed by atoms with Crippen molar-refractivity contribution in [2.45, 2.75) is 39.8 Å². The molecule has 1 fully saturated rings. The van der Waals surface area contributed by atoms with E-state index in [2.05, 4.69) is 50.9 Å². The molecule has 2 amide bonds. The van der Waals surface area contributed by atoms with Gasteiger partial charge in [-0.2, -0.15) is 0 Å². The predicted molar refractivity (Wildman–Crippen MR) is 132 cm³/mol. The Morgan fingerprint density at radius 1 is 1.15 bits per heavy atom. The summed E-state index contributed by atoms with van der Waals surface area (Å²) < 4.78 is 0. The number of carbonyl (C=O) groups is 2. The smallest absolute Gasteiger partial charge is 0.293 e. The Kier molecular flexibility index (Phi) is 5.66. The summed E-state index contributed by atoms with van der Waals surface area (Å²) in [5.41, 5.74) is 5.66. The van der Waals surface area contributed by atoms with E-state index in [0.29, 0.717) is 10.5 Å². The number of allylic oxidation sites excluding steroid dienone is 1. The number of non-ortho nitro benzene ring substituents is 1. The van der Waals surface area contributed by atoms with Gasteiger partial charge in [-0.3, -0.25) is 24.6 Å². The lowest BCUT2D eigenvalue weighted by Crippen LogP contribution is -2.42. The first kappa shape index (κ1) is 22.8. The SMILES string of the molecule is CC1=CC(C)(C)N(C)c2cc(C)c(/C=C3\SC(=O)N(Cc4cccc([N+](=O)[O-])c4)C3=O)cc21. The minimum Gasteiger partial charge on any atom is -0.365 e. The van der Waals surface area contributed by atoms with Crippen molar-refractivity contribution in [1.29, 1.82) is 0 Å². The molecule has 0 unspecified atom stereocenters. The maximum absolute atomic E-state index is 13.0. The number of hydrogen-bond acceptors (Lipinski definition) is 6. The molecular weight excluding hydrogens is 438 g/mol. The molecular formula is C25H25N3O4S. The number of likely N-dealkylation sites (N-methyl/N-ethyl adjacent to an activating group) is 1.